The van der Waals surface area contributed by atoms with E-state index in [0.29, 0.717) is 24.9 Å². The van der Waals surface area contributed by atoms with Crippen LogP contribution in [-0.2, 0) is 14.3 Å². The number of aldehydes is 1. The van der Waals surface area contributed by atoms with Crippen LogP contribution in [-0.4, -0.2) is 56.1 Å². The second kappa shape index (κ2) is 51.6. The highest BCUT2D eigenvalue weighted by atomic mass is 16.5. The number of hydrogen-bond donors (Lipinski definition) is 1. The minimum atomic E-state index is -0.0102. The van der Waals surface area contributed by atoms with Gasteiger partial charge in [0, 0.05) is 19.4 Å². The summed E-state index contributed by atoms with van der Waals surface area (Å²) in [6.07, 6.45) is 27.4. The first-order valence-electron chi connectivity index (χ1n) is 19.2. The molecule has 5 heteroatoms. The maximum Gasteiger partial charge on any atom is 0.305 e. The van der Waals surface area contributed by atoms with Crippen molar-refractivity contribution in [3.63, 3.8) is 0 Å². The molecule has 0 aromatic heterocycles. The first kappa shape index (κ1) is 52.6. The topological polar surface area (TPSA) is 66.8 Å². The molecule has 0 spiro atoms. The maximum absolute atomic E-state index is 11.5. The van der Waals surface area contributed by atoms with Crippen molar-refractivity contribution in [2.45, 2.75) is 197 Å². The molecule has 0 radical (unpaired) electrons. The van der Waals surface area contributed by atoms with Crippen molar-refractivity contribution >= 4 is 12.3 Å². The van der Waals surface area contributed by atoms with Crippen molar-refractivity contribution in [2.75, 3.05) is 33.9 Å². The molecule has 1 rings (SSSR count). The van der Waals surface area contributed by atoms with E-state index < -0.39 is 0 Å². The number of hydrogen-bond acceptors (Lipinski definition) is 5. The fraction of sp³-hybridized carbons (Fsp3) is 0.949. The van der Waals surface area contributed by atoms with Crippen LogP contribution in [0, 0.1) is 11.8 Å². The van der Waals surface area contributed by atoms with E-state index in [0.717, 1.165) is 45.7 Å². The van der Waals surface area contributed by atoms with Gasteiger partial charge in [0.1, 0.15) is 6.29 Å². The molecule has 1 atom stereocenters. The van der Waals surface area contributed by atoms with Gasteiger partial charge >= 0.3 is 5.97 Å². The second-order valence-corrected chi connectivity index (χ2v) is 11.5. The van der Waals surface area contributed by atoms with E-state index in [1.54, 1.807) is 0 Å². The number of unbranched alkanes of at least 4 members (excludes halogenated alkanes) is 12. The number of carbonyl (C=O) groups excluding carboxylic acids is 2. The van der Waals surface area contributed by atoms with Gasteiger partial charge in [-0.15, -0.1) is 0 Å². The summed E-state index contributed by atoms with van der Waals surface area (Å²) in [4.78, 5) is 24.1. The van der Waals surface area contributed by atoms with Gasteiger partial charge in [-0.1, -0.05) is 159 Å². The third-order valence-corrected chi connectivity index (χ3v) is 7.53. The van der Waals surface area contributed by atoms with Crippen LogP contribution in [0.3, 0.4) is 0 Å². The van der Waals surface area contributed by atoms with E-state index in [1.807, 2.05) is 34.6 Å². The Bertz CT molecular complexity index is 475. The van der Waals surface area contributed by atoms with Crippen molar-refractivity contribution < 1.29 is 19.4 Å². The summed E-state index contributed by atoms with van der Waals surface area (Å²) in [6, 6.07) is 0. The normalized spacial score (nSPS) is 13.0. The number of piperidine rings is 1. The predicted octanol–water partition coefficient (Wildman–Crippen LogP) is 11.8. The lowest BCUT2D eigenvalue weighted by Gasteiger charge is -2.25. The summed E-state index contributed by atoms with van der Waals surface area (Å²) < 4.78 is 5.46. The number of aliphatic hydroxyl groups is 1. The highest BCUT2D eigenvalue weighted by Crippen LogP contribution is 2.19. The molecule has 1 N–H and O–H groups in total. The number of nitrogens with zero attached hydrogens (tertiary/aromatic N) is 1. The first-order valence-corrected chi connectivity index (χ1v) is 19.2. The molecule has 1 aliphatic rings. The van der Waals surface area contributed by atoms with E-state index in [4.69, 9.17) is 9.84 Å². The molecule has 1 aliphatic heterocycles. The number of aliphatic hydroxyl groups excluding tert-OH is 1. The Hall–Kier alpha value is -0.940. The van der Waals surface area contributed by atoms with E-state index in [2.05, 4.69) is 39.6 Å². The fourth-order valence-corrected chi connectivity index (χ4v) is 4.71. The highest BCUT2D eigenvalue weighted by molar-refractivity contribution is 5.69. The Kier molecular flexibility index (Phi) is 61.7. The van der Waals surface area contributed by atoms with Gasteiger partial charge in [0.2, 0.25) is 0 Å². The minimum absolute atomic E-state index is 0.0102. The SMILES string of the molecule is CC.CC.CCCCCCC.CCCCCCCCC(CCCCCC)COC(=O)CCC.CN1CCC(C=O)CC1.CO. The van der Waals surface area contributed by atoms with Gasteiger partial charge in [-0.2, -0.15) is 0 Å². The Labute approximate surface area is 279 Å². The van der Waals surface area contributed by atoms with Gasteiger partial charge in [0.25, 0.3) is 0 Å². The number of ether oxygens (including phenoxy) is 1. The van der Waals surface area contributed by atoms with Crippen LogP contribution in [0.1, 0.15) is 197 Å². The maximum atomic E-state index is 11.5. The Morgan fingerprint density at radius 2 is 1.05 bits per heavy atom. The smallest absolute Gasteiger partial charge is 0.305 e. The number of likely N-dealkylation sites (tertiary alicyclic amines) is 1. The van der Waals surface area contributed by atoms with Crippen molar-refractivity contribution in [3.8, 4) is 0 Å². The van der Waals surface area contributed by atoms with Crippen LogP contribution in [0.2, 0.25) is 0 Å². The zero-order valence-corrected chi connectivity index (χ0v) is 32.3. The number of rotatable bonds is 21. The third kappa shape index (κ3) is 48.0. The average molecular weight is 632 g/mol. The van der Waals surface area contributed by atoms with E-state index >= 15 is 0 Å². The molecule has 1 unspecified atom stereocenters. The molecule has 0 saturated carbocycles. The Morgan fingerprint density at radius 1 is 0.682 bits per heavy atom. The van der Waals surface area contributed by atoms with Gasteiger partial charge < -0.3 is 19.5 Å². The monoisotopic (exact) mass is 632 g/mol. The van der Waals surface area contributed by atoms with Gasteiger partial charge in [0.05, 0.1) is 6.61 Å². The summed E-state index contributed by atoms with van der Waals surface area (Å²) in [6.45, 7) is 21.9. The summed E-state index contributed by atoms with van der Waals surface area (Å²) in [5.41, 5.74) is 0. The predicted molar refractivity (Wildman–Crippen MR) is 198 cm³/mol. The Morgan fingerprint density at radius 3 is 1.43 bits per heavy atom. The molecule has 0 aliphatic carbocycles. The van der Waals surface area contributed by atoms with Crippen LogP contribution in [0.5, 0.6) is 0 Å². The first-order chi connectivity index (χ1) is 21.5. The van der Waals surface area contributed by atoms with Crippen LogP contribution < -0.4 is 0 Å². The molecule has 0 aromatic rings. The molecular weight excluding hydrogens is 546 g/mol. The quantitative estimate of drug-likeness (QED) is 0.0775. The highest BCUT2D eigenvalue weighted by Gasteiger charge is 2.14. The lowest BCUT2D eigenvalue weighted by Crippen LogP contribution is -2.30. The Balaban J connectivity index is -0.000000188. The van der Waals surface area contributed by atoms with E-state index in [-0.39, 0.29) is 5.97 Å². The molecule has 1 fully saturated rings. The van der Waals surface area contributed by atoms with Crippen molar-refractivity contribution in [1.82, 2.24) is 4.90 Å². The van der Waals surface area contributed by atoms with Crippen LogP contribution in [0.25, 0.3) is 0 Å². The molecule has 0 amide bonds. The standard InChI is InChI=1S/C20H40O2.C7H13NO.C7H16.2C2H6.CH4O/c1-4-7-9-11-12-14-17-19(16-13-10-8-5-2)18-22-20(21)15-6-3;1-8-4-2-7(6-9)3-5-8;1-3-5-7-6-4-2;3*1-2/h19H,4-18H2,1-3H3;6-7H,2-5H2,1H3;3-7H2,1-2H3;2*1-2H3;2H,1H3. The van der Waals surface area contributed by atoms with E-state index in [9.17, 15) is 9.59 Å². The molecule has 1 heterocycles. The zero-order chi connectivity index (χ0) is 34.7. The van der Waals surface area contributed by atoms with Gasteiger partial charge in [-0.25, -0.2) is 0 Å². The van der Waals surface area contributed by atoms with Crippen molar-refractivity contribution in [3.05, 3.63) is 0 Å². The summed E-state index contributed by atoms with van der Waals surface area (Å²) in [7, 11) is 3.10. The van der Waals surface area contributed by atoms with Gasteiger partial charge in [-0.05, 0) is 58.2 Å². The van der Waals surface area contributed by atoms with Gasteiger partial charge in [-0.3, -0.25) is 4.79 Å². The number of carbonyl (C=O) groups is 2. The van der Waals surface area contributed by atoms with Crippen molar-refractivity contribution in [2.24, 2.45) is 11.8 Å². The van der Waals surface area contributed by atoms with Gasteiger partial charge in [0.15, 0.2) is 0 Å². The molecule has 44 heavy (non-hydrogen) atoms. The minimum Gasteiger partial charge on any atom is -0.465 e. The van der Waals surface area contributed by atoms with Crippen molar-refractivity contribution in [1.29, 1.82) is 0 Å². The molecule has 5 nitrogen and oxygen atoms in total. The third-order valence-electron chi connectivity index (χ3n) is 7.53. The average Bonchev–Trinajstić information content (AvgIpc) is 3.07. The lowest BCUT2D eigenvalue weighted by atomic mass is 9.95. The van der Waals surface area contributed by atoms with Crippen LogP contribution in [0.15, 0.2) is 0 Å². The zero-order valence-electron chi connectivity index (χ0n) is 32.3. The lowest BCUT2D eigenvalue weighted by molar-refractivity contribution is -0.145. The molecule has 1 saturated heterocycles. The molecule has 0 bridgehead atoms. The largest absolute Gasteiger partial charge is 0.465 e. The molecule has 270 valence electrons. The van der Waals surface area contributed by atoms with E-state index in [1.165, 1.54) is 109 Å². The number of esters is 1. The molecule has 0 aromatic carbocycles. The summed E-state index contributed by atoms with van der Waals surface area (Å²) in [5.74, 6) is 0.925. The van der Waals surface area contributed by atoms with Crippen LogP contribution in [0.4, 0.5) is 0 Å². The second-order valence-electron chi connectivity index (χ2n) is 11.5. The van der Waals surface area contributed by atoms with Crippen LogP contribution >= 0.6 is 0 Å². The summed E-state index contributed by atoms with van der Waals surface area (Å²) >= 11 is 0. The molecular formula is C39H85NO4. The fourth-order valence-electron chi connectivity index (χ4n) is 4.71. The summed E-state index contributed by atoms with van der Waals surface area (Å²) in [5, 5.41) is 7.00.